The largest absolute Gasteiger partial charge is 0.372 e. The Morgan fingerprint density at radius 1 is 1.39 bits per heavy atom. The first kappa shape index (κ1) is 13.8. The zero-order valence-corrected chi connectivity index (χ0v) is 11.3. The molecule has 2 bridgehead atoms. The van der Waals surface area contributed by atoms with Gasteiger partial charge in [-0.2, -0.15) is 0 Å². The summed E-state index contributed by atoms with van der Waals surface area (Å²) in [5, 5.41) is 0. The SMILES string of the molecule is CN(CCCN)C(=O)CCN1CC2CCC(C1)O2. The fraction of sp³-hybridized carbons (Fsp3) is 0.923. The van der Waals surface area contributed by atoms with Crippen molar-refractivity contribution in [3.63, 3.8) is 0 Å². The van der Waals surface area contributed by atoms with Crippen LogP contribution in [0.15, 0.2) is 0 Å². The number of rotatable bonds is 6. The summed E-state index contributed by atoms with van der Waals surface area (Å²) in [7, 11) is 1.86. The van der Waals surface area contributed by atoms with Crippen LogP contribution in [0.4, 0.5) is 0 Å². The minimum absolute atomic E-state index is 0.224. The van der Waals surface area contributed by atoms with E-state index in [1.807, 2.05) is 7.05 Å². The Bertz CT molecular complexity index is 273. The number of hydrogen-bond acceptors (Lipinski definition) is 4. The zero-order valence-electron chi connectivity index (χ0n) is 11.3. The Morgan fingerprint density at radius 3 is 2.67 bits per heavy atom. The maximum atomic E-state index is 11.9. The van der Waals surface area contributed by atoms with Gasteiger partial charge in [-0.3, -0.25) is 9.69 Å². The third-order valence-corrected chi connectivity index (χ3v) is 3.88. The van der Waals surface area contributed by atoms with Gasteiger partial charge in [0.1, 0.15) is 0 Å². The summed E-state index contributed by atoms with van der Waals surface area (Å²) in [6.07, 6.45) is 4.68. The minimum Gasteiger partial charge on any atom is -0.372 e. The topological polar surface area (TPSA) is 58.8 Å². The first-order chi connectivity index (χ1) is 8.69. The van der Waals surface area contributed by atoms with Crippen molar-refractivity contribution in [2.45, 2.75) is 37.9 Å². The number of ether oxygens (including phenoxy) is 1. The van der Waals surface area contributed by atoms with E-state index >= 15 is 0 Å². The molecule has 2 atom stereocenters. The number of hydrogen-bond donors (Lipinski definition) is 1. The Morgan fingerprint density at radius 2 is 2.06 bits per heavy atom. The average Bonchev–Trinajstić information content (AvgIpc) is 2.72. The van der Waals surface area contributed by atoms with Gasteiger partial charge in [0.15, 0.2) is 0 Å². The summed E-state index contributed by atoms with van der Waals surface area (Å²) in [6.45, 7) is 4.27. The van der Waals surface area contributed by atoms with Crippen molar-refractivity contribution < 1.29 is 9.53 Å². The van der Waals surface area contributed by atoms with Crippen molar-refractivity contribution in [2.75, 3.05) is 39.8 Å². The summed E-state index contributed by atoms with van der Waals surface area (Å²) < 4.78 is 5.78. The van der Waals surface area contributed by atoms with Gasteiger partial charge in [0.25, 0.3) is 0 Å². The highest BCUT2D eigenvalue weighted by Gasteiger charge is 2.33. The second kappa shape index (κ2) is 6.50. The quantitative estimate of drug-likeness (QED) is 0.728. The van der Waals surface area contributed by atoms with Crippen LogP contribution in [0.5, 0.6) is 0 Å². The van der Waals surface area contributed by atoms with Crippen LogP contribution in [0.25, 0.3) is 0 Å². The third kappa shape index (κ3) is 3.67. The van der Waals surface area contributed by atoms with Crippen LogP contribution in [-0.2, 0) is 9.53 Å². The van der Waals surface area contributed by atoms with Crippen LogP contribution >= 0.6 is 0 Å². The molecule has 5 nitrogen and oxygen atoms in total. The van der Waals surface area contributed by atoms with E-state index in [0.29, 0.717) is 25.2 Å². The molecule has 2 aliphatic rings. The number of morpholine rings is 1. The molecule has 2 rings (SSSR count). The van der Waals surface area contributed by atoms with Crippen LogP contribution in [0.3, 0.4) is 0 Å². The monoisotopic (exact) mass is 255 g/mol. The fourth-order valence-electron chi connectivity index (χ4n) is 2.78. The van der Waals surface area contributed by atoms with E-state index in [1.165, 1.54) is 12.8 Å². The molecule has 0 aromatic heterocycles. The second-order valence-electron chi connectivity index (χ2n) is 5.42. The molecule has 18 heavy (non-hydrogen) atoms. The normalized spacial score (nSPS) is 27.4. The smallest absolute Gasteiger partial charge is 0.223 e. The lowest BCUT2D eigenvalue weighted by Gasteiger charge is -2.32. The molecule has 0 aromatic rings. The maximum Gasteiger partial charge on any atom is 0.223 e. The molecule has 0 aliphatic carbocycles. The molecule has 2 unspecified atom stereocenters. The molecule has 1 amide bonds. The first-order valence-electron chi connectivity index (χ1n) is 7.01. The van der Waals surface area contributed by atoms with Crippen molar-refractivity contribution in [1.29, 1.82) is 0 Å². The van der Waals surface area contributed by atoms with Gasteiger partial charge in [0, 0.05) is 39.6 Å². The van der Waals surface area contributed by atoms with Crippen molar-refractivity contribution in [3.8, 4) is 0 Å². The predicted molar refractivity (Wildman–Crippen MR) is 70.3 cm³/mol. The van der Waals surface area contributed by atoms with Crippen LogP contribution in [-0.4, -0.2) is 67.7 Å². The molecular weight excluding hydrogens is 230 g/mol. The highest BCUT2D eigenvalue weighted by Crippen LogP contribution is 2.26. The molecule has 0 saturated carbocycles. The van der Waals surface area contributed by atoms with Gasteiger partial charge in [-0.1, -0.05) is 0 Å². The van der Waals surface area contributed by atoms with Crippen LogP contribution in [0, 0.1) is 0 Å². The Kier molecular flexibility index (Phi) is 4.97. The molecule has 0 spiro atoms. The summed E-state index contributed by atoms with van der Waals surface area (Å²) in [5.41, 5.74) is 5.45. The summed E-state index contributed by atoms with van der Waals surface area (Å²) in [5.74, 6) is 0.224. The number of nitrogens with zero attached hydrogens (tertiary/aromatic N) is 2. The van der Waals surface area contributed by atoms with Gasteiger partial charge < -0.3 is 15.4 Å². The first-order valence-corrected chi connectivity index (χ1v) is 7.01. The molecule has 104 valence electrons. The van der Waals surface area contributed by atoms with E-state index in [2.05, 4.69) is 4.90 Å². The van der Waals surface area contributed by atoms with Crippen LogP contribution in [0.1, 0.15) is 25.7 Å². The molecule has 2 saturated heterocycles. The van der Waals surface area contributed by atoms with Crippen LogP contribution in [0.2, 0.25) is 0 Å². The molecule has 2 N–H and O–H groups in total. The number of amides is 1. The van der Waals surface area contributed by atoms with Gasteiger partial charge in [-0.05, 0) is 25.8 Å². The Balaban J connectivity index is 1.66. The molecular formula is C13H25N3O2. The number of nitrogens with two attached hydrogens (primary N) is 1. The van der Waals surface area contributed by atoms with Crippen molar-refractivity contribution in [3.05, 3.63) is 0 Å². The van der Waals surface area contributed by atoms with E-state index in [-0.39, 0.29) is 5.91 Å². The highest BCUT2D eigenvalue weighted by molar-refractivity contribution is 5.76. The van der Waals surface area contributed by atoms with E-state index in [4.69, 9.17) is 10.5 Å². The lowest BCUT2D eigenvalue weighted by atomic mass is 10.2. The number of likely N-dealkylation sites (tertiary alicyclic amines) is 1. The molecule has 2 fully saturated rings. The number of carbonyl (C=O) groups is 1. The fourth-order valence-corrected chi connectivity index (χ4v) is 2.78. The van der Waals surface area contributed by atoms with E-state index in [1.54, 1.807) is 4.90 Å². The van der Waals surface area contributed by atoms with E-state index in [9.17, 15) is 4.79 Å². The molecule has 2 aliphatic heterocycles. The van der Waals surface area contributed by atoms with Gasteiger partial charge in [0.05, 0.1) is 12.2 Å². The van der Waals surface area contributed by atoms with Gasteiger partial charge in [-0.25, -0.2) is 0 Å². The van der Waals surface area contributed by atoms with Crippen molar-refractivity contribution in [2.24, 2.45) is 5.73 Å². The maximum absolute atomic E-state index is 11.9. The van der Waals surface area contributed by atoms with E-state index in [0.717, 1.165) is 32.6 Å². The number of carbonyl (C=O) groups excluding carboxylic acids is 1. The highest BCUT2D eigenvalue weighted by atomic mass is 16.5. The van der Waals surface area contributed by atoms with Gasteiger partial charge in [0.2, 0.25) is 5.91 Å². The summed E-state index contributed by atoms with van der Waals surface area (Å²) in [4.78, 5) is 16.1. The average molecular weight is 255 g/mol. The van der Waals surface area contributed by atoms with Gasteiger partial charge >= 0.3 is 0 Å². The summed E-state index contributed by atoms with van der Waals surface area (Å²) >= 11 is 0. The molecule has 5 heteroatoms. The predicted octanol–water partition coefficient (Wildman–Crippen LogP) is 0.0469. The molecule has 2 heterocycles. The number of fused-ring (bicyclic) bond motifs is 2. The standard InChI is InChI=1S/C13H25N3O2/c1-15(7-2-6-14)13(17)5-8-16-9-11-3-4-12(10-16)18-11/h11-12H,2-10,14H2,1H3. The van der Waals surface area contributed by atoms with Crippen molar-refractivity contribution >= 4 is 5.91 Å². The molecule has 0 aromatic carbocycles. The zero-order chi connectivity index (χ0) is 13.0. The lowest BCUT2D eigenvalue weighted by molar-refractivity contribution is -0.130. The lowest BCUT2D eigenvalue weighted by Crippen LogP contribution is -2.44. The summed E-state index contributed by atoms with van der Waals surface area (Å²) in [6, 6.07) is 0. The van der Waals surface area contributed by atoms with Crippen LogP contribution < -0.4 is 5.73 Å². The molecule has 0 radical (unpaired) electrons. The Hall–Kier alpha value is -0.650. The van der Waals surface area contributed by atoms with Crippen molar-refractivity contribution in [1.82, 2.24) is 9.80 Å². The second-order valence-corrected chi connectivity index (χ2v) is 5.42. The van der Waals surface area contributed by atoms with E-state index < -0.39 is 0 Å². The van der Waals surface area contributed by atoms with Gasteiger partial charge in [-0.15, -0.1) is 0 Å². The Labute approximate surface area is 109 Å². The third-order valence-electron chi connectivity index (χ3n) is 3.88. The minimum atomic E-state index is 0.224.